The number of benzene rings is 2. The maximum Gasteiger partial charge on any atom is 0.303 e. The maximum absolute atomic E-state index is 13.8. The third kappa shape index (κ3) is 10.4. The standard InChI is InChI=1S/C31H39ClN6O8/c32-17-26(40)35-22(11-13-27(41)42)31(46)38-14-4-3-7-24(38)30(45)37-23(29(44)36-21(28(34)43)10-12-25(33)39)16-18-8-9-19-5-1-2-6-20(19)15-18/h1-2,5-6,8-9,15,21-24H,3-4,7,10-14,16-17H2,(H2,33,39)(H2,34,43)(H,35,40)(H,36,44)(H,37,45)(H,41,42)/t21?,22?,23?,24-/m0/s1. The lowest BCUT2D eigenvalue weighted by molar-refractivity contribution is -0.146. The first-order valence-electron chi connectivity index (χ1n) is 14.9. The minimum Gasteiger partial charge on any atom is -0.481 e. The number of hydrogen-bond acceptors (Lipinski definition) is 7. The van der Waals surface area contributed by atoms with Gasteiger partial charge in [0.15, 0.2) is 0 Å². The maximum atomic E-state index is 13.8. The molecule has 0 bridgehead atoms. The molecule has 0 radical (unpaired) electrons. The predicted octanol–water partition coefficient (Wildman–Crippen LogP) is 0.0722. The first-order valence-corrected chi connectivity index (χ1v) is 15.5. The quantitative estimate of drug-likeness (QED) is 0.135. The van der Waals surface area contributed by atoms with Gasteiger partial charge >= 0.3 is 5.97 Å². The Hall–Kier alpha value is -4.72. The Morgan fingerprint density at radius 1 is 0.870 bits per heavy atom. The lowest BCUT2D eigenvalue weighted by atomic mass is 9.97. The van der Waals surface area contributed by atoms with Crippen LogP contribution in [0.25, 0.3) is 10.8 Å². The molecular weight excluding hydrogens is 620 g/mol. The van der Waals surface area contributed by atoms with E-state index in [9.17, 15) is 33.6 Å². The van der Waals surface area contributed by atoms with Crippen molar-refractivity contribution in [2.75, 3.05) is 12.4 Å². The van der Waals surface area contributed by atoms with Gasteiger partial charge in [0, 0.05) is 25.8 Å². The van der Waals surface area contributed by atoms with Gasteiger partial charge in [-0.15, -0.1) is 11.6 Å². The van der Waals surface area contributed by atoms with Gasteiger partial charge in [-0.25, -0.2) is 0 Å². The van der Waals surface area contributed by atoms with Gasteiger partial charge in [0.25, 0.3) is 0 Å². The fourth-order valence-corrected chi connectivity index (χ4v) is 5.43. The van der Waals surface area contributed by atoms with E-state index in [1.54, 1.807) is 6.07 Å². The number of piperidine rings is 1. The van der Waals surface area contributed by atoms with Gasteiger partial charge in [-0.1, -0.05) is 42.5 Å². The molecule has 1 aliphatic rings. The van der Waals surface area contributed by atoms with Crippen molar-refractivity contribution < 1.29 is 38.7 Å². The number of carboxylic acids is 1. The summed E-state index contributed by atoms with van der Waals surface area (Å²) in [6.07, 6.45) is 0.446. The fourth-order valence-electron chi connectivity index (χ4n) is 5.35. The molecule has 2 aromatic carbocycles. The number of fused-ring (bicyclic) bond motifs is 1. The zero-order valence-electron chi connectivity index (χ0n) is 25.2. The van der Waals surface area contributed by atoms with Crippen molar-refractivity contribution in [2.24, 2.45) is 11.5 Å². The van der Waals surface area contributed by atoms with Crippen LogP contribution in [0.5, 0.6) is 0 Å². The normalized spacial score (nSPS) is 16.5. The van der Waals surface area contributed by atoms with Gasteiger partial charge in [-0.05, 0) is 48.4 Å². The number of alkyl halides is 1. The molecule has 15 heteroatoms. The van der Waals surface area contributed by atoms with E-state index in [0.717, 1.165) is 10.8 Å². The number of primary amides is 2. The molecule has 1 heterocycles. The van der Waals surface area contributed by atoms with Gasteiger partial charge in [0.2, 0.25) is 35.4 Å². The number of carbonyl (C=O) groups is 7. The number of nitrogens with one attached hydrogen (secondary N) is 3. The summed E-state index contributed by atoms with van der Waals surface area (Å²) >= 11 is 5.60. The molecule has 3 unspecified atom stereocenters. The molecule has 6 amide bonds. The Balaban J connectivity index is 1.88. The first-order chi connectivity index (χ1) is 21.9. The smallest absolute Gasteiger partial charge is 0.303 e. The summed E-state index contributed by atoms with van der Waals surface area (Å²) in [5.41, 5.74) is 11.4. The van der Waals surface area contributed by atoms with Gasteiger partial charge in [-0.2, -0.15) is 0 Å². The monoisotopic (exact) mass is 658 g/mol. The number of likely N-dealkylation sites (tertiary alicyclic amines) is 1. The fraction of sp³-hybridized carbons (Fsp3) is 0.452. The van der Waals surface area contributed by atoms with Gasteiger partial charge in [0.05, 0.1) is 0 Å². The van der Waals surface area contributed by atoms with Crippen LogP contribution in [0, 0.1) is 0 Å². The van der Waals surface area contributed by atoms with E-state index in [-0.39, 0.29) is 38.6 Å². The van der Waals surface area contributed by atoms with Crippen LogP contribution >= 0.6 is 11.6 Å². The summed E-state index contributed by atoms with van der Waals surface area (Å²) in [5.74, 6) is -5.89. The minimum atomic E-state index is -1.23. The number of amides is 6. The van der Waals surface area contributed by atoms with Crippen LogP contribution in [0.15, 0.2) is 42.5 Å². The topological polar surface area (TPSA) is 231 Å². The second kappa shape index (κ2) is 17.1. The number of nitrogens with zero attached hydrogens (tertiary/aromatic N) is 1. The highest BCUT2D eigenvalue weighted by molar-refractivity contribution is 6.27. The molecule has 2 aromatic rings. The summed E-state index contributed by atoms with van der Waals surface area (Å²) in [6, 6.07) is 8.40. The Bertz CT molecular complexity index is 1470. The number of nitrogens with two attached hydrogens (primary N) is 2. The van der Waals surface area contributed by atoms with Crippen LogP contribution in [0.4, 0.5) is 0 Å². The number of hydrogen-bond donors (Lipinski definition) is 6. The first kappa shape index (κ1) is 35.8. The van der Waals surface area contributed by atoms with Crippen LogP contribution in [0.3, 0.4) is 0 Å². The molecule has 0 saturated carbocycles. The van der Waals surface area contributed by atoms with Crippen molar-refractivity contribution in [3.63, 3.8) is 0 Å². The van der Waals surface area contributed by atoms with E-state index in [2.05, 4.69) is 16.0 Å². The molecule has 3 rings (SSSR count). The summed E-state index contributed by atoms with van der Waals surface area (Å²) in [6.45, 7) is 0.162. The molecule has 0 aromatic heterocycles. The zero-order valence-corrected chi connectivity index (χ0v) is 26.0. The molecule has 8 N–H and O–H groups in total. The van der Waals surface area contributed by atoms with Crippen LogP contribution in [-0.2, 0) is 40.0 Å². The summed E-state index contributed by atoms with van der Waals surface area (Å²) < 4.78 is 0. The Morgan fingerprint density at radius 3 is 2.22 bits per heavy atom. The van der Waals surface area contributed by atoms with E-state index in [1.807, 2.05) is 36.4 Å². The molecule has 0 aliphatic carbocycles. The van der Waals surface area contributed by atoms with Crippen molar-refractivity contribution in [3.8, 4) is 0 Å². The van der Waals surface area contributed by atoms with E-state index < -0.39 is 77.9 Å². The largest absolute Gasteiger partial charge is 0.481 e. The SMILES string of the molecule is NC(=O)CCC(NC(=O)C(Cc1ccc2ccccc2c1)NC(=O)[C@@H]1CCCCN1C(=O)C(CCC(=O)O)NC(=O)CCl)C(N)=O. The van der Waals surface area contributed by atoms with Crippen molar-refractivity contribution in [2.45, 2.75) is 75.5 Å². The number of aliphatic carboxylic acids is 1. The molecule has 1 aliphatic heterocycles. The summed E-state index contributed by atoms with van der Waals surface area (Å²) in [7, 11) is 0. The van der Waals surface area contributed by atoms with Crippen LogP contribution in [-0.4, -0.2) is 88.0 Å². The molecule has 46 heavy (non-hydrogen) atoms. The zero-order chi connectivity index (χ0) is 33.8. The van der Waals surface area contributed by atoms with Crippen molar-refractivity contribution in [1.29, 1.82) is 0 Å². The molecule has 248 valence electrons. The predicted molar refractivity (Wildman–Crippen MR) is 168 cm³/mol. The molecule has 1 saturated heterocycles. The Morgan fingerprint density at radius 2 is 1.57 bits per heavy atom. The lowest BCUT2D eigenvalue weighted by Crippen LogP contribution is -2.60. The summed E-state index contributed by atoms with van der Waals surface area (Å²) in [4.78, 5) is 88.8. The van der Waals surface area contributed by atoms with Gasteiger partial charge < -0.3 is 37.4 Å². The molecular formula is C31H39ClN6O8. The third-order valence-electron chi connectivity index (χ3n) is 7.72. The van der Waals surface area contributed by atoms with Crippen LogP contribution in [0.1, 0.15) is 50.5 Å². The minimum absolute atomic E-state index is 0.0113. The third-order valence-corrected chi connectivity index (χ3v) is 7.96. The second-order valence-corrected chi connectivity index (χ2v) is 11.4. The molecule has 14 nitrogen and oxygen atoms in total. The highest BCUT2D eigenvalue weighted by atomic mass is 35.5. The highest BCUT2D eigenvalue weighted by Crippen LogP contribution is 2.21. The van der Waals surface area contributed by atoms with E-state index in [1.165, 1.54) is 4.90 Å². The van der Waals surface area contributed by atoms with Crippen LogP contribution in [0.2, 0.25) is 0 Å². The van der Waals surface area contributed by atoms with Gasteiger partial charge in [0.1, 0.15) is 30.0 Å². The Kier molecular flexibility index (Phi) is 13.3. The van der Waals surface area contributed by atoms with Crippen LogP contribution < -0.4 is 27.4 Å². The van der Waals surface area contributed by atoms with Crippen molar-refractivity contribution in [1.82, 2.24) is 20.9 Å². The lowest BCUT2D eigenvalue weighted by Gasteiger charge is -2.37. The van der Waals surface area contributed by atoms with Gasteiger partial charge in [-0.3, -0.25) is 33.6 Å². The highest BCUT2D eigenvalue weighted by Gasteiger charge is 2.38. The number of carboxylic acid groups (broad SMARTS) is 1. The Labute approximate surface area is 270 Å². The number of rotatable bonds is 16. The summed E-state index contributed by atoms with van der Waals surface area (Å²) in [5, 5.41) is 18.7. The number of halogens is 1. The van der Waals surface area contributed by atoms with Crippen molar-refractivity contribution >= 4 is 63.8 Å². The average molecular weight is 659 g/mol. The van der Waals surface area contributed by atoms with E-state index >= 15 is 0 Å². The molecule has 4 atom stereocenters. The second-order valence-electron chi connectivity index (χ2n) is 11.1. The van der Waals surface area contributed by atoms with Crippen molar-refractivity contribution in [3.05, 3.63) is 48.0 Å². The van der Waals surface area contributed by atoms with E-state index in [4.69, 9.17) is 28.2 Å². The van der Waals surface area contributed by atoms with E-state index in [0.29, 0.717) is 18.4 Å². The molecule has 1 fully saturated rings. The molecule has 0 spiro atoms. The average Bonchev–Trinajstić information content (AvgIpc) is 3.03. The number of carbonyl (C=O) groups excluding carboxylic acids is 6.